The van der Waals surface area contributed by atoms with E-state index in [0.29, 0.717) is 29.5 Å². The van der Waals surface area contributed by atoms with Gasteiger partial charge in [0.25, 0.3) is 0 Å². The molecule has 88 valence electrons. The first-order valence-electron chi connectivity index (χ1n) is 6.29. The van der Waals surface area contributed by atoms with Crippen molar-refractivity contribution in [2.75, 3.05) is 0 Å². The summed E-state index contributed by atoms with van der Waals surface area (Å²) in [6.45, 7) is 10.8. The average Bonchev–Trinajstić information content (AvgIpc) is 2.24. The summed E-state index contributed by atoms with van der Waals surface area (Å²) in [6, 6.07) is 0. The quantitative estimate of drug-likeness (QED) is 0.563. The number of hydrogen-bond donors (Lipinski definition) is 0. The highest BCUT2D eigenvalue weighted by Crippen LogP contribution is 2.56. The first-order valence-corrected chi connectivity index (χ1v) is 6.29. The average molecular weight is 218 g/mol. The fourth-order valence-corrected chi connectivity index (χ4v) is 3.23. The van der Waals surface area contributed by atoms with Gasteiger partial charge in [-0.05, 0) is 49.0 Å². The lowest BCUT2D eigenvalue weighted by atomic mass is 9.52. The van der Waals surface area contributed by atoms with Crippen LogP contribution in [0.1, 0.15) is 46.5 Å². The number of hydrogen-bond acceptors (Lipinski definition) is 1. The Labute approximate surface area is 98.6 Å². The monoisotopic (exact) mass is 218 g/mol. The van der Waals surface area contributed by atoms with Gasteiger partial charge in [-0.15, -0.1) is 0 Å². The topological polar surface area (TPSA) is 17.1 Å². The molecule has 16 heavy (non-hydrogen) atoms. The largest absolute Gasteiger partial charge is 0.295 e. The van der Waals surface area contributed by atoms with Crippen molar-refractivity contribution >= 4 is 5.78 Å². The van der Waals surface area contributed by atoms with Crippen molar-refractivity contribution in [3.05, 3.63) is 23.8 Å². The lowest BCUT2D eigenvalue weighted by molar-refractivity contribution is -0.115. The van der Waals surface area contributed by atoms with E-state index in [-0.39, 0.29) is 0 Å². The third-order valence-electron chi connectivity index (χ3n) is 4.55. The smallest absolute Gasteiger partial charge is 0.158 e. The Bertz CT molecular complexity index is 360. The van der Waals surface area contributed by atoms with E-state index in [0.717, 1.165) is 18.4 Å². The first kappa shape index (κ1) is 11.6. The molecule has 1 saturated carbocycles. The predicted molar refractivity (Wildman–Crippen MR) is 67.1 cm³/mol. The molecule has 0 aromatic rings. The number of fused-ring (bicyclic) bond motifs is 1. The van der Waals surface area contributed by atoms with Gasteiger partial charge in [0.2, 0.25) is 0 Å². The van der Waals surface area contributed by atoms with E-state index in [2.05, 4.69) is 26.5 Å². The zero-order valence-electron chi connectivity index (χ0n) is 10.7. The molecule has 0 aromatic carbocycles. The molecule has 2 aliphatic carbocycles. The van der Waals surface area contributed by atoms with Crippen molar-refractivity contribution in [1.82, 2.24) is 0 Å². The van der Waals surface area contributed by atoms with Gasteiger partial charge in [0.15, 0.2) is 5.78 Å². The van der Waals surface area contributed by atoms with Crippen LogP contribution in [0.4, 0.5) is 0 Å². The summed E-state index contributed by atoms with van der Waals surface area (Å²) < 4.78 is 0. The predicted octanol–water partition coefficient (Wildman–Crippen LogP) is 3.90. The molecule has 1 heteroatoms. The Kier molecular flexibility index (Phi) is 2.81. The molecular formula is C15H22O. The SMILES string of the molecule is C=C1CCC(=O)C(C)=CCC2C1CC2(C)C. The molecule has 0 N–H and O–H groups in total. The van der Waals surface area contributed by atoms with Crippen LogP contribution >= 0.6 is 0 Å². The number of rotatable bonds is 0. The minimum absolute atomic E-state index is 0.306. The van der Waals surface area contributed by atoms with Gasteiger partial charge in [-0.25, -0.2) is 0 Å². The maximum atomic E-state index is 11.8. The lowest BCUT2D eigenvalue weighted by Crippen LogP contribution is -2.44. The third-order valence-corrected chi connectivity index (χ3v) is 4.55. The third kappa shape index (κ3) is 1.88. The van der Waals surface area contributed by atoms with E-state index < -0.39 is 0 Å². The number of Topliss-reactive ketones (excluding diaryl/α,β-unsaturated/α-hetero) is 1. The summed E-state index contributed by atoms with van der Waals surface area (Å²) >= 11 is 0. The molecule has 2 aliphatic rings. The first-order chi connectivity index (χ1) is 7.42. The summed E-state index contributed by atoms with van der Waals surface area (Å²) in [7, 11) is 0. The van der Waals surface area contributed by atoms with E-state index in [9.17, 15) is 4.79 Å². The molecule has 2 rings (SSSR count). The highest BCUT2D eigenvalue weighted by molar-refractivity contribution is 5.94. The molecule has 0 heterocycles. The molecule has 0 aromatic heterocycles. The highest BCUT2D eigenvalue weighted by Gasteiger charge is 2.47. The highest BCUT2D eigenvalue weighted by atomic mass is 16.1. The molecule has 2 unspecified atom stereocenters. The molecule has 1 nitrogen and oxygen atoms in total. The Morgan fingerprint density at radius 3 is 2.69 bits per heavy atom. The fraction of sp³-hybridized carbons (Fsp3) is 0.667. The zero-order valence-corrected chi connectivity index (χ0v) is 10.7. The Morgan fingerprint density at radius 2 is 2.06 bits per heavy atom. The van der Waals surface area contributed by atoms with Crippen LogP contribution in [0.3, 0.4) is 0 Å². The van der Waals surface area contributed by atoms with Gasteiger partial charge >= 0.3 is 0 Å². The van der Waals surface area contributed by atoms with Crippen LogP contribution in [0.2, 0.25) is 0 Å². The van der Waals surface area contributed by atoms with Gasteiger partial charge in [0.1, 0.15) is 0 Å². The van der Waals surface area contributed by atoms with Gasteiger partial charge in [0.05, 0.1) is 0 Å². The van der Waals surface area contributed by atoms with Gasteiger partial charge in [-0.2, -0.15) is 0 Å². The standard InChI is InChI=1S/C15H22O/c1-10-6-8-14(16)11(2)5-7-13-12(10)9-15(13,3)4/h5,12-13H,1,6-9H2,2-4H3. The molecule has 1 fully saturated rings. The maximum absolute atomic E-state index is 11.8. The minimum Gasteiger partial charge on any atom is -0.295 e. The van der Waals surface area contributed by atoms with Crippen LogP contribution in [-0.4, -0.2) is 5.78 Å². The second-order valence-corrected chi connectivity index (χ2v) is 6.11. The van der Waals surface area contributed by atoms with Crippen molar-refractivity contribution in [3.8, 4) is 0 Å². The van der Waals surface area contributed by atoms with Gasteiger partial charge in [0, 0.05) is 6.42 Å². The molecular weight excluding hydrogens is 196 g/mol. The second-order valence-electron chi connectivity index (χ2n) is 6.11. The van der Waals surface area contributed by atoms with Gasteiger partial charge < -0.3 is 0 Å². The van der Waals surface area contributed by atoms with Crippen LogP contribution in [0, 0.1) is 17.3 Å². The molecule has 0 aliphatic heterocycles. The summed E-state index contributed by atoms with van der Waals surface area (Å²) in [4.78, 5) is 11.8. The molecule has 0 saturated heterocycles. The Morgan fingerprint density at radius 1 is 1.38 bits per heavy atom. The summed E-state index contributed by atoms with van der Waals surface area (Å²) in [6.07, 6.45) is 6.00. The van der Waals surface area contributed by atoms with Gasteiger partial charge in [-0.1, -0.05) is 32.1 Å². The number of ketones is 1. The summed E-state index contributed by atoms with van der Waals surface area (Å²) in [5.41, 5.74) is 2.69. The van der Waals surface area contributed by atoms with Crippen molar-refractivity contribution < 1.29 is 4.79 Å². The van der Waals surface area contributed by atoms with E-state index in [4.69, 9.17) is 0 Å². The van der Waals surface area contributed by atoms with E-state index in [1.54, 1.807) is 0 Å². The van der Waals surface area contributed by atoms with E-state index in [1.165, 1.54) is 12.0 Å². The molecule has 0 amide bonds. The van der Waals surface area contributed by atoms with Crippen molar-refractivity contribution in [2.24, 2.45) is 17.3 Å². The van der Waals surface area contributed by atoms with Crippen LogP contribution in [-0.2, 0) is 4.79 Å². The number of allylic oxidation sites excluding steroid dienone is 3. The molecule has 0 bridgehead atoms. The molecule has 0 spiro atoms. The van der Waals surface area contributed by atoms with Crippen LogP contribution < -0.4 is 0 Å². The minimum atomic E-state index is 0.306. The van der Waals surface area contributed by atoms with Crippen LogP contribution in [0.15, 0.2) is 23.8 Å². The van der Waals surface area contributed by atoms with E-state index in [1.807, 2.05) is 6.92 Å². The Balaban J connectivity index is 2.21. The summed E-state index contributed by atoms with van der Waals surface area (Å²) in [5, 5.41) is 0. The van der Waals surface area contributed by atoms with Gasteiger partial charge in [-0.3, -0.25) is 4.79 Å². The summed E-state index contributed by atoms with van der Waals surface area (Å²) in [5.74, 6) is 1.66. The normalized spacial score (nSPS) is 34.1. The lowest BCUT2D eigenvalue weighted by Gasteiger charge is -2.52. The van der Waals surface area contributed by atoms with Crippen molar-refractivity contribution in [3.63, 3.8) is 0 Å². The maximum Gasteiger partial charge on any atom is 0.158 e. The van der Waals surface area contributed by atoms with Crippen LogP contribution in [0.25, 0.3) is 0 Å². The van der Waals surface area contributed by atoms with Crippen LogP contribution in [0.5, 0.6) is 0 Å². The molecule has 2 atom stereocenters. The number of carbonyl (C=O) groups excluding carboxylic acids is 1. The second kappa shape index (κ2) is 3.87. The molecule has 0 radical (unpaired) electrons. The van der Waals surface area contributed by atoms with Crippen molar-refractivity contribution in [2.45, 2.75) is 46.5 Å². The number of carbonyl (C=O) groups is 1. The zero-order chi connectivity index (χ0) is 11.9. The fourth-order valence-electron chi connectivity index (χ4n) is 3.23. The van der Waals surface area contributed by atoms with E-state index >= 15 is 0 Å². The van der Waals surface area contributed by atoms with Crippen molar-refractivity contribution in [1.29, 1.82) is 0 Å². The Hall–Kier alpha value is -0.850.